The molecule has 1 atom stereocenters. The minimum atomic E-state index is -0.411. The number of nitrogens with one attached hydrogen (secondary N) is 2. The number of hydrogen-bond acceptors (Lipinski definition) is 5. The highest BCUT2D eigenvalue weighted by Crippen LogP contribution is 2.14. The van der Waals surface area contributed by atoms with E-state index >= 15 is 0 Å². The van der Waals surface area contributed by atoms with Crippen LogP contribution < -0.4 is 10.6 Å². The van der Waals surface area contributed by atoms with Crippen molar-refractivity contribution in [2.45, 2.75) is 25.3 Å². The highest BCUT2D eigenvalue weighted by atomic mass is 16.6. The molecule has 1 aliphatic rings. The third-order valence-corrected chi connectivity index (χ3v) is 2.92. The predicted octanol–water partition coefficient (Wildman–Crippen LogP) is 1.54. The summed E-state index contributed by atoms with van der Waals surface area (Å²) in [6.45, 7) is 1.88. The van der Waals surface area contributed by atoms with Gasteiger partial charge in [0.05, 0.1) is 11.0 Å². The number of pyridine rings is 1. The van der Waals surface area contributed by atoms with E-state index in [4.69, 9.17) is 0 Å². The molecule has 17 heavy (non-hydrogen) atoms. The number of rotatable bonds is 5. The molecule has 6 heteroatoms. The molecule has 1 saturated heterocycles. The lowest BCUT2D eigenvalue weighted by atomic mass is 10.1. The van der Waals surface area contributed by atoms with Crippen LogP contribution in [0.2, 0.25) is 0 Å². The first-order chi connectivity index (χ1) is 8.25. The zero-order valence-electron chi connectivity index (χ0n) is 9.56. The van der Waals surface area contributed by atoms with E-state index in [2.05, 4.69) is 15.6 Å². The second kappa shape index (κ2) is 5.58. The lowest BCUT2D eigenvalue weighted by Gasteiger charge is -2.10. The minimum Gasteiger partial charge on any atom is -0.370 e. The average molecular weight is 236 g/mol. The Labute approximate surface area is 99.6 Å². The van der Waals surface area contributed by atoms with Crippen molar-refractivity contribution in [1.82, 2.24) is 10.3 Å². The summed E-state index contributed by atoms with van der Waals surface area (Å²) in [5.74, 6) is 0.567. The molecule has 92 valence electrons. The van der Waals surface area contributed by atoms with Crippen molar-refractivity contribution in [2.75, 3.05) is 18.4 Å². The van der Waals surface area contributed by atoms with E-state index in [1.807, 2.05) is 0 Å². The van der Waals surface area contributed by atoms with Gasteiger partial charge in [-0.05, 0) is 25.8 Å². The fourth-order valence-corrected chi connectivity index (χ4v) is 2.01. The van der Waals surface area contributed by atoms with Gasteiger partial charge in [-0.25, -0.2) is 4.98 Å². The summed E-state index contributed by atoms with van der Waals surface area (Å²) >= 11 is 0. The lowest BCUT2D eigenvalue weighted by Crippen LogP contribution is -2.24. The maximum Gasteiger partial charge on any atom is 0.274 e. The van der Waals surface area contributed by atoms with Gasteiger partial charge in [0, 0.05) is 24.8 Å². The minimum absolute atomic E-state index is 0.0708. The number of nitrogens with zero attached hydrogens (tertiary/aromatic N) is 2. The Balaban J connectivity index is 1.81. The van der Waals surface area contributed by atoms with Crippen LogP contribution in [0.5, 0.6) is 0 Å². The van der Waals surface area contributed by atoms with Gasteiger partial charge in [0.25, 0.3) is 5.69 Å². The molecule has 2 heterocycles. The Hall–Kier alpha value is -1.69. The van der Waals surface area contributed by atoms with E-state index in [0.29, 0.717) is 11.9 Å². The summed E-state index contributed by atoms with van der Waals surface area (Å²) in [5.41, 5.74) is 0.0708. The van der Waals surface area contributed by atoms with Gasteiger partial charge >= 0.3 is 0 Å². The molecule has 0 aromatic carbocycles. The molecule has 0 unspecified atom stereocenters. The molecule has 0 radical (unpaired) electrons. The van der Waals surface area contributed by atoms with Gasteiger partial charge in [0.2, 0.25) is 0 Å². The first-order valence-corrected chi connectivity index (χ1v) is 5.83. The second-order valence-electron chi connectivity index (χ2n) is 4.17. The highest BCUT2D eigenvalue weighted by molar-refractivity contribution is 5.44. The van der Waals surface area contributed by atoms with Gasteiger partial charge in [-0.3, -0.25) is 10.1 Å². The first-order valence-electron chi connectivity index (χ1n) is 5.83. The van der Waals surface area contributed by atoms with Crippen molar-refractivity contribution in [3.63, 3.8) is 0 Å². The average Bonchev–Trinajstić information content (AvgIpc) is 2.82. The van der Waals surface area contributed by atoms with Gasteiger partial charge in [0.1, 0.15) is 5.82 Å². The molecule has 0 bridgehead atoms. The maximum absolute atomic E-state index is 10.6. The third kappa shape index (κ3) is 3.39. The first kappa shape index (κ1) is 11.8. The monoisotopic (exact) mass is 236 g/mol. The predicted molar refractivity (Wildman–Crippen MR) is 65.0 cm³/mol. The van der Waals surface area contributed by atoms with Crippen LogP contribution in [0.1, 0.15) is 19.3 Å². The summed E-state index contributed by atoms with van der Waals surface area (Å²) in [5, 5.41) is 17.1. The molecular weight excluding hydrogens is 220 g/mol. The van der Waals surface area contributed by atoms with E-state index in [9.17, 15) is 10.1 Å². The highest BCUT2D eigenvalue weighted by Gasteiger charge is 2.13. The molecule has 1 fully saturated rings. The van der Waals surface area contributed by atoms with E-state index in [0.717, 1.165) is 19.5 Å². The normalized spacial score (nSPS) is 19.2. The second-order valence-corrected chi connectivity index (χ2v) is 4.17. The molecule has 6 nitrogen and oxygen atoms in total. The smallest absolute Gasteiger partial charge is 0.274 e. The van der Waals surface area contributed by atoms with Crippen LogP contribution in [0.3, 0.4) is 0 Å². The molecule has 2 N–H and O–H groups in total. The molecular formula is C11H16N4O2. The van der Waals surface area contributed by atoms with Gasteiger partial charge in [-0.15, -0.1) is 0 Å². The van der Waals surface area contributed by atoms with Crippen LogP contribution in [0.4, 0.5) is 11.5 Å². The van der Waals surface area contributed by atoms with Crippen LogP contribution >= 0.6 is 0 Å². The summed E-state index contributed by atoms with van der Waals surface area (Å²) in [7, 11) is 0. The van der Waals surface area contributed by atoms with Crippen LogP contribution in [0.25, 0.3) is 0 Å². The van der Waals surface area contributed by atoms with Crippen molar-refractivity contribution in [3.05, 3.63) is 28.4 Å². The summed E-state index contributed by atoms with van der Waals surface area (Å²) in [6, 6.07) is 3.42. The Morgan fingerprint density at radius 2 is 2.53 bits per heavy atom. The zero-order chi connectivity index (χ0) is 12.1. The topological polar surface area (TPSA) is 80.1 Å². The quantitative estimate of drug-likeness (QED) is 0.598. The van der Waals surface area contributed by atoms with E-state index in [1.54, 1.807) is 0 Å². The standard InChI is InChI=1S/C11H16N4O2/c16-15(17)10-4-7-14-11(8-10)13-6-3-9-2-1-5-12-9/h4,7-9,12H,1-3,5-6H2,(H,13,14)/t9-/m1/s1. The molecule has 1 aromatic heterocycles. The molecule has 0 amide bonds. The van der Waals surface area contributed by atoms with Crippen LogP contribution in [0, 0.1) is 10.1 Å². The van der Waals surface area contributed by atoms with E-state index < -0.39 is 4.92 Å². The SMILES string of the molecule is O=[N+]([O-])c1ccnc(NCC[C@H]2CCCN2)c1. The Morgan fingerprint density at radius 1 is 1.65 bits per heavy atom. The number of anilines is 1. The fourth-order valence-electron chi connectivity index (χ4n) is 2.01. The van der Waals surface area contributed by atoms with Crippen molar-refractivity contribution < 1.29 is 4.92 Å². The Kier molecular flexibility index (Phi) is 3.87. The Bertz CT molecular complexity index is 391. The summed E-state index contributed by atoms with van der Waals surface area (Å²) in [6.07, 6.45) is 4.92. The van der Waals surface area contributed by atoms with Crippen molar-refractivity contribution in [2.24, 2.45) is 0 Å². The molecule has 1 aliphatic heterocycles. The zero-order valence-corrected chi connectivity index (χ0v) is 9.56. The van der Waals surface area contributed by atoms with Gasteiger partial charge in [-0.2, -0.15) is 0 Å². The van der Waals surface area contributed by atoms with Crippen LogP contribution in [-0.4, -0.2) is 29.0 Å². The number of hydrogen-bond donors (Lipinski definition) is 2. The van der Waals surface area contributed by atoms with Gasteiger partial charge in [-0.1, -0.05) is 0 Å². The van der Waals surface area contributed by atoms with E-state index in [-0.39, 0.29) is 5.69 Å². The number of aromatic nitrogens is 1. The molecule has 0 aliphatic carbocycles. The largest absolute Gasteiger partial charge is 0.370 e. The van der Waals surface area contributed by atoms with E-state index in [1.165, 1.54) is 31.2 Å². The molecule has 1 aromatic rings. The van der Waals surface area contributed by atoms with Gasteiger partial charge in [0.15, 0.2) is 0 Å². The fraction of sp³-hybridized carbons (Fsp3) is 0.545. The summed E-state index contributed by atoms with van der Waals surface area (Å²) in [4.78, 5) is 14.2. The van der Waals surface area contributed by atoms with Crippen molar-refractivity contribution in [3.8, 4) is 0 Å². The molecule has 0 saturated carbocycles. The Morgan fingerprint density at radius 3 is 3.24 bits per heavy atom. The van der Waals surface area contributed by atoms with Crippen LogP contribution in [-0.2, 0) is 0 Å². The third-order valence-electron chi connectivity index (χ3n) is 2.92. The lowest BCUT2D eigenvalue weighted by molar-refractivity contribution is -0.384. The summed E-state index contributed by atoms with van der Waals surface area (Å²) < 4.78 is 0. The van der Waals surface area contributed by atoms with Crippen molar-refractivity contribution in [1.29, 1.82) is 0 Å². The maximum atomic E-state index is 10.6. The van der Waals surface area contributed by atoms with Crippen molar-refractivity contribution >= 4 is 11.5 Å². The van der Waals surface area contributed by atoms with Crippen LogP contribution in [0.15, 0.2) is 18.3 Å². The van der Waals surface area contributed by atoms with Gasteiger partial charge < -0.3 is 10.6 Å². The molecule has 2 rings (SSSR count). The molecule has 0 spiro atoms. The number of nitro groups is 1.